The minimum atomic E-state index is -0.287. The first-order valence-corrected chi connectivity index (χ1v) is 9.58. The third-order valence-corrected chi connectivity index (χ3v) is 5.09. The number of nitrogens with zero attached hydrogens (tertiary/aromatic N) is 2. The number of rotatable bonds is 5. The molecule has 0 unspecified atom stereocenters. The number of ether oxygens (including phenoxy) is 2. The fourth-order valence-electron chi connectivity index (χ4n) is 3.64. The van der Waals surface area contributed by atoms with Crippen molar-refractivity contribution in [2.45, 2.75) is 37.8 Å². The largest absolute Gasteiger partial charge is 0.480 e. The molecule has 8 heteroatoms. The Labute approximate surface area is 167 Å². The second kappa shape index (κ2) is 8.30. The molecule has 1 aliphatic carbocycles. The summed E-state index contributed by atoms with van der Waals surface area (Å²) in [6, 6.07) is 8.69. The van der Waals surface area contributed by atoms with Gasteiger partial charge in [-0.15, -0.1) is 0 Å². The van der Waals surface area contributed by atoms with E-state index in [1.54, 1.807) is 12.3 Å². The molecule has 8 nitrogen and oxygen atoms in total. The lowest BCUT2D eigenvalue weighted by Crippen LogP contribution is -2.40. The first-order chi connectivity index (χ1) is 14.1. The normalized spacial score (nSPS) is 18.9. The fraction of sp³-hybridized carbons (Fsp3) is 0.333. The number of para-hydroxylation sites is 1. The van der Waals surface area contributed by atoms with Crippen molar-refractivity contribution in [1.29, 1.82) is 0 Å². The smallest absolute Gasteiger partial charge is 0.252 e. The number of hydrogen-bond acceptors (Lipinski definition) is 6. The summed E-state index contributed by atoms with van der Waals surface area (Å²) in [4.78, 5) is 35.7. The van der Waals surface area contributed by atoms with Crippen molar-refractivity contribution in [3.05, 3.63) is 58.6 Å². The molecule has 0 spiro atoms. The van der Waals surface area contributed by atoms with Crippen molar-refractivity contribution in [3.63, 3.8) is 0 Å². The third kappa shape index (κ3) is 4.37. The maximum absolute atomic E-state index is 12.8. The van der Waals surface area contributed by atoms with Crippen LogP contribution in [0, 0.1) is 0 Å². The average molecular weight is 394 g/mol. The van der Waals surface area contributed by atoms with E-state index in [9.17, 15) is 9.59 Å². The number of carbonyl (C=O) groups is 1. The molecule has 1 saturated carbocycles. The summed E-state index contributed by atoms with van der Waals surface area (Å²) >= 11 is 0. The van der Waals surface area contributed by atoms with Gasteiger partial charge in [0.2, 0.25) is 17.3 Å². The first-order valence-electron chi connectivity index (χ1n) is 9.58. The molecule has 1 aromatic carbocycles. The molecule has 1 aliphatic rings. The van der Waals surface area contributed by atoms with Gasteiger partial charge in [0, 0.05) is 23.0 Å². The van der Waals surface area contributed by atoms with E-state index in [4.69, 9.17) is 9.47 Å². The lowest BCUT2D eigenvalue weighted by molar-refractivity contribution is 0.0890. The summed E-state index contributed by atoms with van der Waals surface area (Å²) in [6.45, 7) is 0. The molecule has 4 rings (SSSR count). The van der Waals surface area contributed by atoms with Gasteiger partial charge in [-0.3, -0.25) is 14.6 Å². The summed E-state index contributed by atoms with van der Waals surface area (Å²) in [5.41, 5.74) is 0.765. The summed E-state index contributed by atoms with van der Waals surface area (Å²) in [5.74, 6) is 0.621. The van der Waals surface area contributed by atoms with Gasteiger partial charge in [-0.25, -0.2) is 0 Å². The molecular weight excluding hydrogens is 372 g/mol. The van der Waals surface area contributed by atoms with E-state index >= 15 is 0 Å². The molecule has 0 radical (unpaired) electrons. The van der Waals surface area contributed by atoms with Crippen molar-refractivity contribution < 1.29 is 14.3 Å². The predicted octanol–water partition coefficient (Wildman–Crippen LogP) is 2.45. The van der Waals surface area contributed by atoms with E-state index < -0.39 is 0 Å². The van der Waals surface area contributed by atoms with Crippen LogP contribution in [0.15, 0.2) is 47.5 Å². The monoisotopic (exact) mass is 394 g/mol. The number of aromatic nitrogens is 3. The maximum atomic E-state index is 12.8. The van der Waals surface area contributed by atoms with E-state index in [1.807, 2.05) is 18.2 Å². The third-order valence-electron chi connectivity index (χ3n) is 5.09. The van der Waals surface area contributed by atoms with E-state index in [0.29, 0.717) is 22.8 Å². The lowest BCUT2D eigenvalue weighted by atomic mass is 9.92. The minimum Gasteiger partial charge on any atom is -0.480 e. The quantitative estimate of drug-likeness (QED) is 0.688. The van der Waals surface area contributed by atoms with Crippen LogP contribution in [0.2, 0.25) is 0 Å². The average Bonchev–Trinajstić information content (AvgIpc) is 2.74. The standard InChI is InChI=1S/C21H22N4O4/c1-28-19-11-22-12-20(25-19)29-14-8-6-13(7-9-14)23-21(27)16-10-18(26)24-17-5-3-2-4-15(16)17/h2-5,10-14H,6-9H2,1H3,(H,23,27)(H,24,26). The van der Waals surface area contributed by atoms with E-state index in [1.165, 1.54) is 19.4 Å². The number of fused-ring (bicyclic) bond motifs is 1. The topological polar surface area (TPSA) is 106 Å². The van der Waals surface area contributed by atoms with Crippen LogP contribution in [0.3, 0.4) is 0 Å². The van der Waals surface area contributed by atoms with Gasteiger partial charge in [0.1, 0.15) is 6.10 Å². The number of methoxy groups -OCH3 is 1. The summed E-state index contributed by atoms with van der Waals surface area (Å²) in [7, 11) is 1.53. The van der Waals surface area contributed by atoms with Crippen molar-refractivity contribution >= 4 is 16.8 Å². The van der Waals surface area contributed by atoms with Crippen molar-refractivity contribution in [3.8, 4) is 11.8 Å². The molecule has 29 heavy (non-hydrogen) atoms. The second-order valence-corrected chi connectivity index (χ2v) is 7.06. The van der Waals surface area contributed by atoms with Crippen molar-refractivity contribution in [1.82, 2.24) is 20.3 Å². The first kappa shape index (κ1) is 18.9. The van der Waals surface area contributed by atoms with Crippen molar-refractivity contribution in [2.75, 3.05) is 7.11 Å². The summed E-state index contributed by atoms with van der Waals surface area (Å²) < 4.78 is 11.0. The molecule has 150 valence electrons. The number of pyridine rings is 1. The molecule has 0 bridgehead atoms. The Kier molecular flexibility index (Phi) is 5.41. The Morgan fingerprint density at radius 3 is 2.69 bits per heavy atom. The second-order valence-electron chi connectivity index (χ2n) is 7.06. The van der Waals surface area contributed by atoms with Gasteiger partial charge in [-0.1, -0.05) is 18.2 Å². The van der Waals surface area contributed by atoms with Crippen molar-refractivity contribution in [2.24, 2.45) is 0 Å². The number of benzene rings is 1. The lowest BCUT2D eigenvalue weighted by Gasteiger charge is -2.29. The van der Waals surface area contributed by atoms with E-state index in [2.05, 4.69) is 20.3 Å². The molecule has 1 amide bonds. The van der Waals surface area contributed by atoms with Crippen LogP contribution in [0.1, 0.15) is 36.0 Å². The number of aromatic amines is 1. The molecule has 2 N–H and O–H groups in total. The number of amides is 1. The SMILES string of the molecule is COc1cncc(OC2CCC(NC(=O)c3cc(=O)[nH]c4ccccc34)CC2)n1. The Morgan fingerprint density at radius 2 is 1.90 bits per heavy atom. The van der Waals surface area contributed by atoms with Gasteiger partial charge >= 0.3 is 0 Å². The Balaban J connectivity index is 1.37. The minimum absolute atomic E-state index is 0.0185. The number of carbonyl (C=O) groups excluding carboxylic acids is 1. The molecule has 1 fully saturated rings. The number of H-pyrrole nitrogens is 1. The van der Waals surface area contributed by atoms with Crippen LogP contribution in [0.25, 0.3) is 10.9 Å². The number of nitrogens with one attached hydrogen (secondary N) is 2. The summed E-state index contributed by atoms with van der Waals surface area (Å²) in [5, 5.41) is 3.80. The van der Waals surface area contributed by atoms with Crippen LogP contribution in [-0.2, 0) is 0 Å². The highest BCUT2D eigenvalue weighted by molar-refractivity contribution is 6.06. The van der Waals surface area contributed by atoms with Crippen LogP contribution < -0.4 is 20.3 Å². The Hall–Kier alpha value is -3.42. The number of hydrogen-bond donors (Lipinski definition) is 2. The molecule has 0 saturated heterocycles. The fourth-order valence-corrected chi connectivity index (χ4v) is 3.64. The zero-order chi connectivity index (χ0) is 20.2. The molecule has 0 aliphatic heterocycles. The molecule has 0 atom stereocenters. The van der Waals surface area contributed by atoms with E-state index in [0.717, 1.165) is 31.1 Å². The highest BCUT2D eigenvalue weighted by Gasteiger charge is 2.25. The van der Waals surface area contributed by atoms with Crippen LogP contribution in [-0.4, -0.2) is 40.1 Å². The van der Waals surface area contributed by atoms with Gasteiger partial charge in [-0.2, -0.15) is 4.98 Å². The molecule has 3 aromatic rings. The van der Waals surface area contributed by atoms with Gasteiger partial charge in [0.15, 0.2) is 0 Å². The van der Waals surface area contributed by atoms with E-state index in [-0.39, 0.29) is 23.6 Å². The summed E-state index contributed by atoms with van der Waals surface area (Å²) in [6.07, 6.45) is 6.26. The Bertz CT molecular complexity index is 1070. The van der Waals surface area contributed by atoms with Crippen LogP contribution >= 0.6 is 0 Å². The predicted molar refractivity (Wildman–Crippen MR) is 107 cm³/mol. The van der Waals surface area contributed by atoms with Gasteiger partial charge in [-0.05, 0) is 31.7 Å². The Morgan fingerprint density at radius 1 is 1.14 bits per heavy atom. The molecule has 2 aromatic heterocycles. The maximum Gasteiger partial charge on any atom is 0.252 e. The highest BCUT2D eigenvalue weighted by atomic mass is 16.5. The zero-order valence-corrected chi connectivity index (χ0v) is 16.1. The molecular formula is C21H22N4O4. The van der Waals surface area contributed by atoms with Gasteiger partial charge in [0.25, 0.3) is 5.91 Å². The van der Waals surface area contributed by atoms with Gasteiger partial charge < -0.3 is 19.8 Å². The highest BCUT2D eigenvalue weighted by Crippen LogP contribution is 2.24. The van der Waals surface area contributed by atoms with Crippen LogP contribution in [0.5, 0.6) is 11.8 Å². The van der Waals surface area contributed by atoms with Crippen LogP contribution in [0.4, 0.5) is 0 Å². The zero-order valence-electron chi connectivity index (χ0n) is 16.1. The molecule has 2 heterocycles. The van der Waals surface area contributed by atoms with Gasteiger partial charge in [0.05, 0.1) is 25.1 Å².